The first kappa shape index (κ1) is 17.8. The number of aryl methyl sites for hydroxylation is 1. The number of carbonyl (C=O) groups excluding carboxylic acids is 1. The van der Waals surface area contributed by atoms with E-state index in [0.29, 0.717) is 24.2 Å². The fourth-order valence-electron chi connectivity index (χ4n) is 4.33. The van der Waals surface area contributed by atoms with Gasteiger partial charge in [-0.2, -0.15) is 0 Å². The molecule has 1 aromatic carbocycles. The Hall–Kier alpha value is -3.22. The van der Waals surface area contributed by atoms with Crippen LogP contribution >= 0.6 is 0 Å². The van der Waals surface area contributed by atoms with Gasteiger partial charge < -0.3 is 14.5 Å². The molecule has 0 aliphatic carbocycles. The first-order chi connectivity index (χ1) is 14.1. The minimum Gasteiger partial charge on any atom is -0.351 e. The first-order valence-corrected chi connectivity index (χ1v) is 10.0. The molecular weight excluding hydrogens is 369 g/mol. The molecule has 0 unspecified atom stereocenters. The summed E-state index contributed by atoms with van der Waals surface area (Å²) in [4.78, 5) is 27.2. The molecular formula is C22H22FN5O. The Morgan fingerprint density at radius 3 is 2.86 bits per heavy atom. The number of imidazole rings is 1. The number of hydrogen-bond acceptors (Lipinski definition) is 3. The number of benzene rings is 1. The van der Waals surface area contributed by atoms with Crippen LogP contribution in [-0.4, -0.2) is 43.4 Å². The normalized spacial score (nSPS) is 15.4. The number of fused-ring (bicyclic) bond motifs is 2. The highest BCUT2D eigenvalue weighted by Crippen LogP contribution is 2.29. The van der Waals surface area contributed by atoms with Gasteiger partial charge in [0.05, 0.1) is 0 Å². The van der Waals surface area contributed by atoms with Gasteiger partial charge in [-0.05, 0) is 49.2 Å². The Morgan fingerprint density at radius 1 is 1.24 bits per heavy atom. The highest BCUT2D eigenvalue weighted by Gasteiger charge is 2.28. The minimum atomic E-state index is -0.302. The number of aromatic amines is 1. The molecule has 1 aliphatic heterocycles. The molecule has 0 radical (unpaired) electrons. The minimum absolute atomic E-state index is 0.0376. The van der Waals surface area contributed by atoms with Crippen molar-refractivity contribution in [1.29, 1.82) is 0 Å². The van der Waals surface area contributed by atoms with E-state index in [9.17, 15) is 9.18 Å². The first-order valence-electron chi connectivity index (χ1n) is 10.0. The zero-order chi connectivity index (χ0) is 20.0. The summed E-state index contributed by atoms with van der Waals surface area (Å²) in [7, 11) is 0. The van der Waals surface area contributed by atoms with Crippen LogP contribution in [0.15, 0.2) is 42.6 Å². The zero-order valence-corrected chi connectivity index (χ0v) is 16.2. The predicted molar refractivity (Wildman–Crippen MR) is 109 cm³/mol. The maximum Gasteiger partial charge on any atom is 0.270 e. The standard InChI is InChI=1S/C22H22FN5O/c1-2-20-26-18-4-3-9-24-21(18)28(20)16-7-10-27(11-8-16)22(29)19-13-14-12-15(23)5-6-17(14)25-19/h3-6,9,12-13,16,25H,2,7-8,10-11H2,1H3. The number of piperidine rings is 1. The fraction of sp³-hybridized carbons (Fsp3) is 0.318. The molecule has 0 bridgehead atoms. The topological polar surface area (TPSA) is 66.8 Å². The van der Waals surface area contributed by atoms with Crippen molar-refractivity contribution >= 4 is 28.0 Å². The van der Waals surface area contributed by atoms with Crippen LogP contribution in [0.1, 0.15) is 42.1 Å². The van der Waals surface area contributed by atoms with Gasteiger partial charge in [0, 0.05) is 42.7 Å². The summed E-state index contributed by atoms with van der Waals surface area (Å²) in [5.74, 6) is 0.703. The van der Waals surface area contributed by atoms with Gasteiger partial charge >= 0.3 is 0 Å². The van der Waals surface area contributed by atoms with E-state index in [-0.39, 0.29) is 17.8 Å². The average Bonchev–Trinajstić information content (AvgIpc) is 3.34. The molecule has 1 N–H and O–H groups in total. The number of carbonyl (C=O) groups is 1. The Bertz CT molecular complexity index is 1200. The number of pyridine rings is 1. The molecule has 29 heavy (non-hydrogen) atoms. The van der Waals surface area contributed by atoms with Crippen molar-refractivity contribution in [2.24, 2.45) is 0 Å². The number of amides is 1. The van der Waals surface area contributed by atoms with Crippen molar-refractivity contribution in [3.05, 3.63) is 59.9 Å². The van der Waals surface area contributed by atoms with Crippen LogP contribution < -0.4 is 0 Å². The molecule has 0 spiro atoms. The quantitative estimate of drug-likeness (QED) is 0.572. The molecule has 5 rings (SSSR count). The molecule has 6 nitrogen and oxygen atoms in total. The monoisotopic (exact) mass is 391 g/mol. The van der Waals surface area contributed by atoms with E-state index in [2.05, 4.69) is 21.5 Å². The second-order valence-corrected chi connectivity index (χ2v) is 7.54. The Balaban J connectivity index is 1.35. The van der Waals surface area contributed by atoms with Gasteiger partial charge in [0.15, 0.2) is 5.65 Å². The molecule has 1 saturated heterocycles. The average molecular weight is 391 g/mol. The number of nitrogens with one attached hydrogen (secondary N) is 1. The van der Waals surface area contributed by atoms with E-state index in [4.69, 9.17) is 4.98 Å². The van der Waals surface area contributed by atoms with Crippen LogP contribution in [0.4, 0.5) is 4.39 Å². The summed E-state index contributed by atoms with van der Waals surface area (Å²) in [6.45, 7) is 3.45. The lowest BCUT2D eigenvalue weighted by molar-refractivity contribution is 0.0690. The zero-order valence-electron chi connectivity index (χ0n) is 16.2. The Kier molecular flexibility index (Phi) is 4.30. The molecule has 1 fully saturated rings. The van der Waals surface area contributed by atoms with Crippen molar-refractivity contribution in [2.45, 2.75) is 32.2 Å². The number of aromatic nitrogens is 4. The largest absolute Gasteiger partial charge is 0.351 e. The van der Waals surface area contributed by atoms with E-state index < -0.39 is 0 Å². The molecule has 1 amide bonds. The summed E-state index contributed by atoms with van der Waals surface area (Å²) in [5.41, 5.74) is 3.13. The summed E-state index contributed by atoms with van der Waals surface area (Å²) in [6, 6.07) is 10.4. The van der Waals surface area contributed by atoms with Gasteiger partial charge in [-0.15, -0.1) is 0 Å². The Morgan fingerprint density at radius 2 is 2.07 bits per heavy atom. The molecule has 148 valence electrons. The molecule has 0 atom stereocenters. The van der Waals surface area contributed by atoms with Gasteiger partial charge in [0.25, 0.3) is 5.91 Å². The van der Waals surface area contributed by atoms with Crippen LogP contribution in [0, 0.1) is 5.82 Å². The lowest BCUT2D eigenvalue weighted by Crippen LogP contribution is -2.39. The van der Waals surface area contributed by atoms with E-state index in [1.165, 1.54) is 12.1 Å². The van der Waals surface area contributed by atoms with Crippen molar-refractivity contribution in [3.63, 3.8) is 0 Å². The highest BCUT2D eigenvalue weighted by molar-refractivity contribution is 5.98. The highest BCUT2D eigenvalue weighted by atomic mass is 19.1. The van der Waals surface area contributed by atoms with Gasteiger partial charge in [-0.25, -0.2) is 14.4 Å². The molecule has 4 heterocycles. The summed E-state index contributed by atoms with van der Waals surface area (Å²) in [5, 5.41) is 0.715. The van der Waals surface area contributed by atoms with Crippen LogP contribution in [0.2, 0.25) is 0 Å². The summed E-state index contributed by atoms with van der Waals surface area (Å²) >= 11 is 0. The van der Waals surface area contributed by atoms with E-state index in [1.807, 2.05) is 17.0 Å². The second-order valence-electron chi connectivity index (χ2n) is 7.54. The predicted octanol–water partition coefficient (Wildman–Crippen LogP) is 4.09. The summed E-state index contributed by atoms with van der Waals surface area (Å²) in [6.07, 6.45) is 4.36. The van der Waals surface area contributed by atoms with E-state index in [1.54, 1.807) is 18.3 Å². The SMILES string of the molecule is CCc1nc2cccnc2n1C1CCN(C(=O)c2cc3cc(F)ccc3[nH]2)CC1. The molecule has 7 heteroatoms. The lowest BCUT2D eigenvalue weighted by Gasteiger charge is -2.33. The fourth-order valence-corrected chi connectivity index (χ4v) is 4.33. The third kappa shape index (κ3) is 3.06. The van der Waals surface area contributed by atoms with Crippen molar-refractivity contribution < 1.29 is 9.18 Å². The van der Waals surface area contributed by atoms with E-state index in [0.717, 1.165) is 41.8 Å². The van der Waals surface area contributed by atoms with Crippen LogP contribution in [0.3, 0.4) is 0 Å². The lowest BCUT2D eigenvalue weighted by atomic mass is 10.0. The number of H-pyrrole nitrogens is 1. The van der Waals surface area contributed by atoms with Crippen molar-refractivity contribution in [3.8, 4) is 0 Å². The smallest absolute Gasteiger partial charge is 0.270 e. The number of nitrogens with zero attached hydrogens (tertiary/aromatic N) is 4. The van der Waals surface area contributed by atoms with Gasteiger partial charge in [0.1, 0.15) is 22.9 Å². The Labute approximate surface area is 167 Å². The molecule has 1 aliphatic rings. The van der Waals surface area contributed by atoms with Crippen LogP contribution in [0.25, 0.3) is 22.1 Å². The maximum absolute atomic E-state index is 13.4. The third-order valence-corrected chi connectivity index (χ3v) is 5.77. The van der Waals surface area contributed by atoms with Crippen molar-refractivity contribution in [1.82, 2.24) is 24.4 Å². The van der Waals surface area contributed by atoms with Gasteiger partial charge in [0.2, 0.25) is 0 Å². The van der Waals surface area contributed by atoms with Crippen molar-refractivity contribution in [2.75, 3.05) is 13.1 Å². The maximum atomic E-state index is 13.4. The van der Waals surface area contributed by atoms with E-state index >= 15 is 0 Å². The van der Waals surface area contributed by atoms with Gasteiger partial charge in [-0.1, -0.05) is 6.92 Å². The molecule has 4 aromatic rings. The number of hydrogen-bond donors (Lipinski definition) is 1. The summed E-state index contributed by atoms with van der Waals surface area (Å²) < 4.78 is 15.7. The molecule has 3 aromatic heterocycles. The van der Waals surface area contributed by atoms with Crippen LogP contribution in [-0.2, 0) is 6.42 Å². The number of likely N-dealkylation sites (tertiary alicyclic amines) is 1. The van der Waals surface area contributed by atoms with Gasteiger partial charge in [-0.3, -0.25) is 4.79 Å². The number of rotatable bonds is 3. The number of halogens is 1. The third-order valence-electron chi connectivity index (χ3n) is 5.77. The van der Waals surface area contributed by atoms with Crippen LogP contribution in [0.5, 0.6) is 0 Å². The molecule has 0 saturated carbocycles. The second kappa shape index (κ2) is 6.99.